The van der Waals surface area contributed by atoms with Gasteiger partial charge < -0.3 is 20.1 Å². The maximum Gasteiger partial charge on any atom is 0.228 e. The topological polar surface area (TPSA) is 83.4 Å². The van der Waals surface area contributed by atoms with Crippen molar-refractivity contribution < 1.29 is 9.84 Å². The first kappa shape index (κ1) is 18.3. The van der Waals surface area contributed by atoms with E-state index in [2.05, 4.69) is 15.2 Å². The zero-order chi connectivity index (χ0) is 20.3. The Labute approximate surface area is 174 Å². The Bertz CT molecular complexity index is 1190. The molecule has 1 fully saturated rings. The molecule has 2 N–H and O–H groups in total. The first-order valence-corrected chi connectivity index (χ1v) is 9.88. The maximum absolute atomic E-state index is 9.91. The predicted molar refractivity (Wildman–Crippen MR) is 117 cm³/mol. The number of morpholine rings is 1. The molecule has 7 heteroatoms. The Morgan fingerprint density at radius 1 is 0.933 bits per heavy atom. The van der Waals surface area contributed by atoms with Gasteiger partial charge in [-0.3, -0.25) is 4.98 Å². The van der Waals surface area contributed by atoms with Gasteiger partial charge in [0.1, 0.15) is 11.6 Å². The number of benzene rings is 2. The van der Waals surface area contributed by atoms with Gasteiger partial charge in [-0.15, -0.1) is 0 Å². The summed E-state index contributed by atoms with van der Waals surface area (Å²) < 4.78 is 5.47. The molecule has 0 amide bonds. The number of phenols is 1. The molecule has 0 radical (unpaired) electrons. The van der Waals surface area contributed by atoms with E-state index in [9.17, 15) is 5.11 Å². The summed E-state index contributed by atoms with van der Waals surface area (Å²) in [5.74, 6) is 1.53. The molecule has 0 unspecified atom stereocenters. The molecule has 4 aromatic rings. The molecule has 0 bridgehead atoms. The van der Waals surface area contributed by atoms with E-state index in [1.807, 2.05) is 48.5 Å². The molecule has 0 spiro atoms. The minimum absolute atomic E-state index is 0.204. The lowest BCUT2D eigenvalue weighted by atomic mass is 10.1. The molecule has 1 saturated heterocycles. The summed E-state index contributed by atoms with van der Waals surface area (Å²) in [5.41, 5.74) is 3.44. The standard InChI is InChI=1S/C23H21N5O2/c29-19-5-1-3-17(14-19)21-15-22(27-23(26-21)28-9-11-30-12-10-28)25-18-6-7-20-16(13-18)4-2-8-24-20/h1-8,13-15,29H,9-12H2,(H,25,26,27). The third kappa shape index (κ3) is 3.88. The number of aromatic nitrogens is 3. The van der Waals surface area contributed by atoms with E-state index in [0.717, 1.165) is 40.9 Å². The van der Waals surface area contributed by atoms with Gasteiger partial charge in [0.05, 0.1) is 24.4 Å². The van der Waals surface area contributed by atoms with E-state index in [1.165, 1.54) is 0 Å². The largest absolute Gasteiger partial charge is 0.508 e. The zero-order valence-corrected chi connectivity index (χ0v) is 16.3. The molecule has 3 heterocycles. The normalized spacial score (nSPS) is 14.1. The Morgan fingerprint density at radius 3 is 2.70 bits per heavy atom. The van der Waals surface area contributed by atoms with Crippen molar-refractivity contribution in [3.8, 4) is 17.0 Å². The van der Waals surface area contributed by atoms with Gasteiger partial charge in [0.15, 0.2) is 0 Å². The molecular weight excluding hydrogens is 378 g/mol. The first-order valence-electron chi connectivity index (χ1n) is 9.88. The molecule has 5 rings (SSSR count). The fourth-order valence-corrected chi connectivity index (χ4v) is 3.52. The second kappa shape index (κ2) is 7.96. The third-order valence-electron chi connectivity index (χ3n) is 5.03. The minimum atomic E-state index is 0.204. The number of nitrogens with zero attached hydrogens (tertiary/aromatic N) is 4. The number of hydrogen-bond acceptors (Lipinski definition) is 7. The second-order valence-electron chi connectivity index (χ2n) is 7.12. The summed E-state index contributed by atoms with van der Waals surface area (Å²) in [6, 6.07) is 19.0. The average molecular weight is 399 g/mol. The third-order valence-corrected chi connectivity index (χ3v) is 5.03. The number of ether oxygens (including phenoxy) is 1. The highest BCUT2D eigenvalue weighted by atomic mass is 16.5. The van der Waals surface area contributed by atoms with E-state index < -0.39 is 0 Å². The lowest BCUT2D eigenvalue weighted by Gasteiger charge is -2.27. The Balaban J connectivity index is 1.54. The number of anilines is 3. The SMILES string of the molecule is Oc1cccc(-c2cc(Nc3ccc4ncccc4c3)nc(N3CCOCC3)n2)c1. The fourth-order valence-electron chi connectivity index (χ4n) is 3.52. The van der Waals surface area contributed by atoms with Gasteiger partial charge in [-0.25, -0.2) is 4.98 Å². The monoisotopic (exact) mass is 399 g/mol. The molecular formula is C23H21N5O2. The highest BCUT2D eigenvalue weighted by Crippen LogP contribution is 2.28. The maximum atomic E-state index is 9.91. The molecule has 2 aromatic heterocycles. The molecule has 1 aliphatic rings. The molecule has 0 aliphatic carbocycles. The van der Waals surface area contributed by atoms with Gasteiger partial charge in [0, 0.05) is 42.0 Å². The number of nitrogens with one attached hydrogen (secondary N) is 1. The van der Waals surface area contributed by atoms with E-state index in [4.69, 9.17) is 14.7 Å². The summed E-state index contributed by atoms with van der Waals surface area (Å²) >= 11 is 0. The van der Waals surface area contributed by atoms with Crippen LogP contribution < -0.4 is 10.2 Å². The lowest BCUT2D eigenvalue weighted by molar-refractivity contribution is 0.122. The van der Waals surface area contributed by atoms with Gasteiger partial charge in [-0.2, -0.15) is 4.98 Å². The molecule has 2 aromatic carbocycles. The van der Waals surface area contributed by atoms with Crippen LogP contribution in [-0.4, -0.2) is 46.4 Å². The van der Waals surface area contributed by atoms with E-state index in [1.54, 1.807) is 18.3 Å². The molecule has 1 aliphatic heterocycles. The van der Waals surface area contributed by atoms with Crippen molar-refractivity contribution in [2.45, 2.75) is 0 Å². The predicted octanol–water partition coefficient (Wildman–Crippen LogP) is 3.98. The van der Waals surface area contributed by atoms with Crippen molar-refractivity contribution in [2.75, 3.05) is 36.5 Å². The zero-order valence-electron chi connectivity index (χ0n) is 16.3. The van der Waals surface area contributed by atoms with Gasteiger partial charge in [0.2, 0.25) is 5.95 Å². The van der Waals surface area contributed by atoms with Gasteiger partial charge in [-0.1, -0.05) is 18.2 Å². The van der Waals surface area contributed by atoms with Crippen molar-refractivity contribution in [1.82, 2.24) is 15.0 Å². The number of aromatic hydroxyl groups is 1. The summed E-state index contributed by atoms with van der Waals surface area (Å²) in [4.78, 5) is 16.0. The van der Waals surface area contributed by atoms with Crippen molar-refractivity contribution in [3.05, 3.63) is 66.9 Å². The fraction of sp³-hybridized carbons (Fsp3) is 0.174. The van der Waals surface area contributed by atoms with Crippen LogP contribution in [0.4, 0.5) is 17.5 Å². The van der Waals surface area contributed by atoms with Crippen molar-refractivity contribution in [2.24, 2.45) is 0 Å². The molecule has 0 atom stereocenters. The van der Waals surface area contributed by atoms with Crippen LogP contribution in [0.25, 0.3) is 22.2 Å². The summed E-state index contributed by atoms with van der Waals surface area (Å²) in [5, 5.41) is 14.4. The lowest BCUT2D eigenvalue weighted by Crippen LogP contribution is -2.37. The van der Waals surface area contributed by atoms with E-state index in [-0.39, 0.29) is 5.75 Å². The van der Waals surface area contributed by atoms with Crippen LogP contribution >= 0.6 is 0 Å². The number of rotatable bonds is 4. The second-order valence-corrected chi connectivity index (χ2v) is 7.12. The van der Waals surface area contributed by atoms with Crippen molar-refractivity contribution in [3.63, 3.8) is 0 Å². The van der Waals surface area contributed by atoms with Crippen LogP contribution in [0.3, 0.4) is 0 Å². The van der Waals surface area contributed by atoms with Gasteiger partial charge >= 0.3 is 0 Å². The summed E-state index contributed by atoms with van der Waals surface area (Å²) in [6.07, 6.45) is 1.79. The summed E-state index contributed by atoms with van der Waals surface area (Å²) in [7, 11) is 0. The van der Waals surface area contributed by atoms with Crippen LogP contribution in [0.1, 0.15) is 0 Å². The van der Waals surface area contributed by atoms with Crippen molar-refractivity contribution in [1.29, 1.82) is 0 Å². The smallest absolute Gasteiger partial charge is 0.228 e. The molecule has 150 valence electrons. The molecule has 30 heavy (non-hydrogen) atoms. The van der Waals surface area contributed by atoms with E-state index in [0.29, 0.717) is 25.0 Å². The van der Waals surface area contributed by atoms with Crippen LogP contribution in [0.2, 0.25) is 0 Å². The van der Waals surface area contributed by atoms with Crippen LogP contribution in [0, 0.1) is 0 Å². The quantitative estimate of drug-likeness (QED) is 0.537. The molecule has 7 nitrogen and oxygen atoms in total. The Morgan fingerprint density at radius 2 is 1.83 bits per heavy atom. The van der Waals surface area contributed by atoms with Crippen LogP contribution in [-0.2, 0) is 4.74 Å². The van der Waals surface area contributed by atoms with Crippen LogP contribution in [0.5, 0.6) is 5.75 Å². The van der Waals surface area contributed by atoms with Gasteiger partial charge in [0.25, 0.3) is 0 Å². The Kier molecular flexibility index (Phi) is 4.86. The average Bonchev–Trinajstić information content (AvgIpc) is 2.79. The minimum Gasteiger partial charge on any atom is -0.508 e. The number of phenolic OH excluding ortho intramolecular Hbond substituents is 1. The number of hydrogen-bond donors (Lipinski definition) is 2. The first-order chi connectivity index (χ1) is 14.7. The summed E-state index contributed by atoms with van der Waals surface area (Å²) in [6.45, 7) is 2.79. The van der Waals surface area contributed by atoms with Crippen LogP contribution in [0.15, 0.2) is 66.9 Å². The number of pyridine rings is 1. The van der Waals surface area contributed by atoms with E-state index >= 15 is 0 Å². The van der Waals surface area contributed by atoms with Gasteiger partial charge in [-0.05, 0) is 36.4 Å². The highest BCUT2D eigenvalue weighted by Gasteiger charge is 2.17. The number of fused-ring (bicyclic) bond motifs is 1. The Hall–Kier alpha value is -3.71. The molecule has 0 saturated carbocycles. The highest BCUT2D eigenvalue weighted by molar-refractivity contribution is 5.83. The van der Waals surface area contributed by atoms with Crippen molar-refractivity contribution >= 4 is 28.4 Å².